The van der Waals surface area contributed by atoms with Gasteiger partial charge in [0.15, 0.2) is 0 Å². The van der Waals surface area contributed by atoms with Gasteiger partial charge in [-0.3, -0.25) is 19.2 Å². The summed E-state index contributed by atoms with van der Waals surface area (Å²) >= 11 is 0. The van der Waals surface area contributed by atoms with Crippen LogP contribution in [0, 0.1) is 0 Å². The second-order valence-electron chi connectivity index (χ2n) is 14.3. The van der Waals surface area contributed by atoms with Crippen LogP contribution in [0.2, 0.25) is 0 Å². The third-order valence-corrected chi connectivity index (χ3v) is 8.08. The summed E-state index contributed by atoms with van der Waals surface area (Å²) in [6.45, 7) is 11.0. The van der Waals surface area contributed by atoms with E-state index in [2.05, 4.69) is 22.9 Å². The lowest BCUT2D eigenvalue weighted by atomic mass is 10.0. The molecular formula is C39H73N3O10. The van der Waals surface area contributed by atoms with Crippen molar-refractivity contribution in [1.29, 1.82) is 0 Å². The molecule has 0 bridgehead atoms. The molecular weight excluding hydrogens is 670 g/mol. The highest BCUT2D eigenvalue weighted by Gasteiger charge is 2.27. The van der Waals surface area contributed by atoms with Gasteiger partial charge in [0.1, 0.15) is 11.6 Å². The molecule has 0 spiro atoms. The first kappa shape index (κ1) is 49.2. The van der Waals surface area contributed by atoms with Crippen molar-refractivity contribution in [2.75, 3.05) is 52.7 Å². The van der Waals surface area contributed by atoms with E-state index in [4.69, 9.17) is 24.1 Å². The van der Waals surface area contributed by atoms with Gasteiger partial charge in [-0.1, -0.05) is 84.0 Å². The molecule has 304 valence electrons. The number of unbranched alkanes of at least 4 members (excludes halogenated alkanes) is 12. The Kier molecular flexibility index (Phi) is 32.2. The first-order valence-corrected chi connectivity index (χ1v) is 19.9. The zero-order valence-corrected chi connectivity index (χ0v) is 33.0. The summed E-state index contributed by atoms with van der Waals surface area (Å²) in [7, 11) is 0. The van der Waals surface area contributed by atoms with Crippen LogP contribution in [0.4, 0.5) is 0 Å². The minimum atomic E-state index is -0.995. The van der Waals surface area contributed by atoms with Gasteiger partial charge in [-0.15, -0.1) is 0 Å². The van der Waals surface area contributed by atoms with Gasteiger partial charge >= 0.3 is 11.9 Å². The lowest BCUT2D eigenvalue weighted by Gasteiger charge is -2.24. The van der Waals surface area contributed by atoms with E-state index < -0.39 is 23.6 Å². The molecule has 0 heterocycles. The Morgan fingerprint density at radius 2 is 0.981 bits per heavy atom. The molecule has 52 heavy (non-hydrogen) atoms. The van der Waals surface area contributed by atoms with Crippen molar-refractivity contribution in [2.24, 2.45) is 0 Å². The van der Waals surface area contributed by atoms with Crippen LogP contribution in [0.1, 0.15) is 156 Å². The highest BCUT2D eigenvalue weighted by atomic mass is 16.6. The van der Waals surface area contributed by atoms with Crippen LogP contribution in [0.3, 0.4) is 0 Å². The molecule has 13 nitrogen and oxygen atoms in total. The van der Waals surface area contributed by atoms with Crippen molar-refractivity contribution in [2.45, 2.75) is 168 Å². The minimum absolute atomic E-state index is 0.0277. The molecule has 0 saturated heterocycles. The zero-order chi connectivity index (χ0) is 38.7. The van der Waals surface area contributed by atoms with E-state index in [0.29, 0.717) is 72.0 Å². The molecule has 4 N–H and O–H groups in total. The average molecular weight is 744 g/mol. The molecule has 0 aliphatic heterocycles. The van der Waals surface area contributed by atoms with Crippen LogP contribution in [0.25, 0.3) is 0 Å². The number of nitrogens with one attached hydrogen (secondary N) is 3. The number of carboxylic acid groups (broad SMARTS) is 1. The summed E-state index contributed by atoms with van der Waals surface area (Å²) in [6.07, 6.45) is 17.6. The highest BCUT2D eigenvalue weighted by molar-refractivity contribution is 5.85. The van der Waals surface area contributed by atoms with Crippen molar-refractivity contribution < 1.29 is 48.0 Å². The van der Waals surface area contributed by atoms with Gasteiger partial charge in [-0.25, -0.2) is 4.79 Å². The Balaban J connectivity index is 3.97. The second-order valence-corrected chi connectivity index (χ2v) is 14.3. The van der Waals surface area contributed by atoms with Gasteiger partial charge in [0.2, 0.25) is 17.7 Å². The number of esters is 1. The molecule has 0 aromatic heterocycles. The Morgan fingerprint density at radius 1 is 0.538 bits per heavy atom. The van der Waals surface area contributed by atoms with E-state index in [0.717, 1.165) is 19.3 Å². The number of hydrogen-bond donors (Lipinski definition) is 4. The number of carbonyl (C=O) groups excluding carboxylic acids is 4. The van der Waals surface area contributed by atoms with Gasteiger partial charge < -0.3 is 40.0 Å². The normalized spacial score (nSPS) is 11.9. The third kappa shape index (κ3) is 35.6. The Morgan fingerprint density at radius 3 is 1.44 bits per heavy atom. The maximum absolute atomic E-state index is 12.8. The van der Waals surface area contributed by atoms with E-state index in [1.165, 1.54) is 64.2 Å². The van der Waals surface area contributed by atoms with Gasteiger partial charge in [0.05, 0.1) is 32.8 Å². The smallest absolute Gasteiger partial charge is 0.329 e. The Labute approximate surface area is 313 Å². The van der Waals surface area contributed by atoms with E-state index >= 15 is 0 Å². The maximum atomic E-state index is 12.8. The van der Waals surface area contributed by atoms with Crippen molar-refractivity contribution in [3.63, 3.8) is 0 Å². The van der Waals surface area contributed by atoms with Gasteiger partial charge in [0, 0.05) is 45.6 Å². The number of carboxylic acids is 1. The number of carbonyl (C=O) groups is 5. The predicted molar refractivity (Wildman–Crippen MR) is 202 cm³/mol. The fourth-order valence-corrected chi connectivity index (χ4v) is 5.21. The molecule has 0 aliphatic carbocycles. The van der Waals surface area contributed by atoms with E-state index in [1.54, 1.807) is 20.8 Å². The van der Waals surface area contributed by atoms with E-state index in [-0.39, 0.29) is 43.4 Å². The summed E-state index contributed by atoms with van der Waals surface area (Å²) in [4.78, 5) is 59.8. The van der Waals surface area contributed by atoms with Gasteiger partial charge in [-0.05, 0) is 46.5 Å². The summed E-state index contributed by atoms with van der Waals surface area (Å²) < 4.78 is 21.9. The second kappa shape index (κ2) is 34.0. The SMILES string of the molecule is CCCCCCCCCCCCCCCC(=O)NC(CCC(=O)NCCCOCCOCCOCCCNC(=O)CCC(=O)O)C(=O)OC(C)(C)C. The molecule has 0 saturated carbocycles. The van der Waals surface area contributed by atoms with Crippen LogP contribution in [0.5, 0.6) is 0 Å². The fourth-order valence-electron chi connectivity index (χ4n) is 5.21. The van der Waals surface area contributed by atoms with Gasteiger partial charge in [0.25, 0.3) is 0 Å². The Bertz CT molecular complexity index is 942. The number of ether oxygens (including phenoxy) is 4. The molecule has 0 fully saturated rings. The van der Waals surface area contributed by atoms with Crippen molar-refractivity contribution in [1.82, 2.24) is 16.0 Å². The minimum Gasteiger partial charge on any atom is -0.481 e. The fraction of sp³-hybridized carbons (Fsp3) is 0.872. The van der Waals surface area contributed by atoms with Crippen LogP contribution in [-0.2, 0) is 42.9 Å². The molecule has 3 amide bonds. The standard InChI is InChI=1S/C39H73N3O10/c1-5-6-7-8-9-10-11-12-13-14-15-16-17-20-36(45)42-33(38(48)52-39(2,3)4)21-22-34(43)40-25-18-27-49-29-31-51-32-30-50-28-19-26-41-35(44)23-24-37(46)47/h33H,5-32H2,1-4H3,(H,40,43)(H,41,44)(H,42,45)(H,46,47). The highest BCUT2D eigenvalue weighted by Crippen LogP contribution is 2.14. The lowest BCUT2D eigenvalue weighted by molar-refractivity contribution is -0.159. The lowest BCUT2D eigenvalue weighted by Crippen LogP contribution is -2.44. The first-order valence-electron chi connectivity index (χ1n) is 19.9. The predicted octanol–water partition coefficient (Wildman–Crippen LogP) is 6.00. The largest absolute Gasteiger partial charge is 0.481 e. The average Bonchev–Trinajstić information content (AvgIpc) is 3.08. The molecule has 0 radical (unpaired) electrons. The molecule has 0 aromatic rings. The summed E-state index contributed by atoms with van der Waals surface area (Å²) in [6, 6.07) is -0.877. The number of rotatable bonds is 36. The number of hydrogen-bond acceptors (Lipinski definition) is 9. The van der Waals surface area contributed by atoms with Crippen LogP contribution in [0.15, 0.2) is 0 Å². The van der Waals surface area contributed by atoms with Crippen molar-refractivity contribution in [3.05, 3.63) is 0 Å². The molecule has 0 rings (SSSR count). The molecule has 13 heteroatoms. The topological polar surface area (TPSA) is 179 Å². The number of aliphatic carboxylic acids is 1. The van der Waals surface area contributed by atoms with Crippen molar-refractivity contribution >= 4 is 29.7 Å². The van der Waals surface area contributed by atoms with E-state index in [9.17, 15) is 24.0 Å². The molecule has 1 atom stereocenters. The quantitative estimate of drug-likeness (QED) is 0.0439. The van der Waals surface area contributed by atoms with Gasteiger partial charge in [-0.2, -0.15) is 0 Å². The first-order chi connectivity index (χ1) is 24.9. The maximum Gasteiger partial charge on any atom is 0.329 e. The van der Waals surface area contributed by atoms with E-state index in [1.807, 2.05) is 0 Å². The third-order valence-electron chi connectivity index (χ3n) is 8.08. The summed E-state index contributed by atoms with van der Waals surface area (Å²) in [5.41, 5.74) is -0.703. The van der Waals surface area contributed by atoms with Crippen LogP contribution >= 0.6 is 0 Å². The van der Waals surface area contributed by atoms with Crippen molar-refractivity contribution in [3.8, 4) is 0 Å². The molecule has 0 aromatic carbocycles. The summed E-state index contributed by atoms with van der Waals surface area (Å²) in [5, 5.41) is 16.9. The molecule has 1 unspecified atom stereocenters. The zero-order valence-electron chi connectivity index (χ0n) is 33.0. The number of amides is 3. The summed E-state index contributed by atoms with van der Waals surface area (Å²) in [5.74, 6) is -2.21. The Hall–Kier alpha value is -2.77. The monoisotopic (exact) mass is 744 g/mol. The molecule has 0 aliphatic rings. The van der Waals surface area contributed by atoms with Crippen LogP contribution < -0.4 is 16.0 Å². The van der Waals surface area contributed by atoms with Crippen LogP contribution in [-0.4, -0.2) is 99.1 Å².